The van der Waals surface area contributed by atoms with Crippen LogP contribution in [0.15, 0.2) is 22.7 Å². The molecule has 2 N–H and O–H groups in total. The van der Waals surface area contributed by atoms with Crippen molar-refractivity contribution in [1.29, 1.82) is 0 Å². The van der Waals surface area contributed by atoms with E-state index >= 15 is 0 Å². The van der Waals surface area contributed by atoms with E-state index in [0.29, 0.717) is 13.2 Å². The van der Waals surface area contributed by atoms with Crippen LogP contribution in [-0.4, -0.2) is 25.9 Å². The number of hydrogen-bond acceptors (Lipinski definition) is 3. The van der Waals surface area contributed by atoms with Crippen molar-refractivity contribution in [2.45, 2.75) is 32.7 Å². The third-order valence-electron chi connectivity index (χ3n) is 2.39. The van der Waals surface area contributed by atoms with Crippen LogP contribution < -0.4 is 10.5 Å². The first-order valence-electron chi connectivity index (χ1n) is 6.38. The molecule has 0 heterocycles. The third-order valence-corrected chi connectivity index (χ3v) is 3.01. The number of nitrogens with two attached hydrogens (primary N) is 1. The Morgan fingerprint density at radius 2 is 2.06 bits per heavy atom. The lowest BCUT2D eigenvalue weighted by Crippen LogP contribution is -2.17. The van der Waals surface area contributed by atoms with E-state index in [1.54, 1.807) is 0 Å². The van der Waals surface area contributed by atoms with Crippen LogP contribution in [0.25, 0.3) is 0 Å². The summed E-state index contributed by atoms with van der Waals surface area (Å²) < 4.78 is 12.0. The molecule has 0 saturated carbocycles. The van der Waals surface area contributed by atoms with Gasteiger partial charge in [0.15, 0.2) is 0 Å². The normalized spacial score (nSPS) is 12.4. The van der Waals surface area contributed by atoms with Gasteiger partial charge in [0.05, 0.1) is 11.1 Å². The summed E-state index contributed by atoms with van der Waals surface area (Å²) in [5, 5.41) is 0. The number of hydrogen-bond donors (Lipinski definition) is 1. The molecule has 0 fully saturated rings. The highest BCUT2D eigenvalue weighted by Crippen LogP contribution is 2.26. The molecule has 1 aromatic carbocycles. The summed E-state index contributed by atoms with van der Waals surface area (Å²) in [6, 6.07) is 6.26. The van der Waals surface area contributed by atoms with E-state index in [-0.39, 0.29) is 6.04 Å². The highest BCUT2D eigenvalue weighted by Gasteiger charge is 2.04. The monoisotopic (exact) mass is 315 g/mol. The molecule has 0 aliphatic heterocycles. The van der Waals surface area contributed by atoms with Crippen LogP contribution in [0.2, 0.25) is 0 Å². The van der Waals surface area contributed by atoms with Crippen LogP contribution >= 0.6 is 15.9 Å². The Labute approximate surface area is 118 Å². The Kier molecular flexibility index (Phi) is 7.32. The lowest BCUT2D eigenvalue weighted by atomic mass is 10.1. The summed E-state index contributed by atoms with van der Waals surface area (Å²) in [7, 11) is 0. The second-order valence-electron chi connectivity index (χ2n) is 4.41. The minimum absolute atomic E-state index is 0.172. The Morgan fingerprint density at radius 3 is 2.67 bits per heavy atom. The van der Waals surface area contributed by atoms with Crippen LogP contribution in [0, 0.1) is 0 Å². The quantitative estimate of drug-likeness (QED) is 0.749. The number of halogens is 1. The summed E-state index contributed by atoms with van der Waals surface area (Å²) in [6.07, 6.45) is 1.91. The molecule has 1 atom stereocenters. The summed E-state index contributed by atoms with van der Waals surface area (Å²) in [5.74, 6) is 0.850. The van der Waals surface area contributed by atoms with Crippen molar-refractivity contribution in [3.8, 4) is 5.75 Å². The smallest absolute Gasteiger partial charge is 0.133 e. The molecule has 0 aromatic heterocycles. The van der Waals surface area contributed by atoms with Crippen molar-refractivity contribution >= 4 is 15.9 Å². The maximum Gasteiger partial charge on any atom is 0.133 e. The molecule has 0 aliphatic rings. The number of benzene rings is 1. The Hall–Kier alpha value is -0.580. The van der Waals surface area contributed by atoms with Gasteiger partial charge in [-0.25, -0.2) is 0 Å². The molecule has 102 valence electrons. The standard InChI is InChI=1S/C14H22BrNO2/c1-3-6-17-7-8-18-14-5-4-12(9-11(2)16)10-13(14)15/h4-5,10-11H,3,6-9,16H2,1-2H3. The van der Waals surface area contributed by atoms with Gasteiger partial charge in [-0.2, -0.15) is 0 Å². The van der Waals surface area contributed by atoms with Gasteiger partial charge in [0.1, 0.15) is 12.4 Å². The summed E-state index contributed by atoms with van der Waals surface area (Å²) in [6.45, 7) is 6.09. The molecule has 1 aromatic rings. The molecule has 0 amide bonds. The first kappa shape index (κ1) is 15.5. The van der Waals surface area contributed by atoms with Crippen LogP contribution in [0.5, 0.6) is 5.75 Å². The zero-order chi connectivity index (χ0) is 13.4. The molecule has 0 saturated heterocycles. The summed E-state index contributed by atoms with van der Waals surface area (Å²) in [4.78, 5) is 0. The Bertz CT molecular complexity index is 356. The van der Waals surface area contributed by atoms with Gasteiger partial charge in [-0.05, 0) is 53.4 Å². The average Bonchev–Trinajstić information content (AvgIpc) is 2.30. The fourth-order valence-corrected chi connectivity index (χ4v) is 2.16. The molecule has 0 spiro atoms. The van der Waals surface area contributed by atoms with E-state index in [1.807, 2.05) is 13.0 Å². The zero-order valence-electron chi connectivity index (χ0n) is 11.1. The predicted molar refractivity (Wildman–Crippen MR) is 78.1 cm³/mol. The topological polar surface area (TPSA) is 44.5 Å². The van der Waals surface area contributed by atoms with Crippen molar-refractivity contribution in [3.63, 3.8) is 0 Å². The lowest BCUT2D eigenvalue weighted by Gasteiger charge is -2.11. The second kappa shape index (κ2) is 8.51. The van der Waals surface area contributed by atoms with E-state index in [1.165, 1.54) is 5.56 Å². The van der Waals surface area contributed by atoms with E-state index in [2.05, 4.69) is 35.0 Å². The molecule has 4 heteroatoms. The van der Waals surface area contributed by atoms with Gasteiger partial charge in [0.25, 0.3) is 0 Å². The van der Waals surface area contributed by atoms with Crippen molar-refractivity contribution in [2.24, 2.45) is 5.73 Å². The minimum atomic E-state index is 0.172. The Balaban J connectivity index is 2.42. The summed E-state index contributed by atoms with van der Waals surface area (Å²) >= 11 is 3.51. The van der Waals surface area contributed by atoms with E-state index in [9.17, 15) is 0 Å². The van der Waals surface area contributed by atoms with Crippen molar-refractivity contribution < 1.29 is 9.47 Å². The molecular formula is C14H22BrNO2. The number of rotatable bonds is 8. The fraction of sp³-hybridized carbons (Fsp3) is 0.571. The predicted octanol–water partition coefficient (Wildman–Crippen LogP) is 3.14. The van der Waals surface area contributed by atoms with Crippen LogP contribution in [0.1, 0.15) is 25.8 Å². The molecular weight excluding hydrogens is 294 g/mol. The molecule has 1 unspecified atom stereocenters. The molecule has 1 rings (SSSR count). The van der Waals surface area contributed by atoms with Crippen LogP contribution in [0.3, 0.4) is 0 Å². The fourth-order valence-electron chi connectivity index (χ4n) is 1.62. The highest BCUT2D eigenvalue weighted by molar-refractivity contribution is 9.10. The van der Waals surface area contributed by atoms with Gasteiger partial charge in [0, 0.05) is 12.6 Å². The van der Waals surface area contributed by atoms with Crippen molar-refractivity contribution in [3.05, 3.63) is 28.2 Å². The van der Waals surface area contributed by atoms with Crippen molar-refractivity contribution in [1.82, 2.24) is 0 Å². The maximum absolute atomic E-state index is 5.78. The van der Waals surface area contributed by atoms with Crippen LogP contribution in [-0.2, 0) is 11.2 Å². The van der Waals surface area contributed by atoms with Gasteiger partial charge in [-0.1, -0.05) is 13.0 Å². The Morgan fingerprint density at radius 1 is 1.28 bits per heavy atom. The largest absolute Gasteiger partial charge is 0.490 e. The SMILES string of the molecule is CCCOCCOc1ccc(CC(C)N)cc1Br. The zero-order valence-corrected chi connectivity index (χ0v) is 12.7. The maximum atomic E-state index is 5.78. The van der Waals surface area contributed by atoms with E-state index < -0.39 is 0 Å². The first-order chi connectivity index (χ1) is 8.63. The molecule has 0 bridgehead atoms. The van der Waals surface area contributed by atoms with E-state index in [4.69, 9.17) is 15.2 Å². The molecule has 0 radical (unpaired) electrons. The van der Waals surface area contributed by atoms with Crippen molar-refractivity contribution in [2.75, 3.05) is 19.8 Å². The van der Waals surface area contributed by atoms with Gasteiger partial charge in [0.2, 0.25) is 0 Å². The van der Waals surface area contributed by atoms with Gasteiger partial charge in [-0.15, -0.1) is 0 Å². The highest BCUT2D eigenvalue weighted by atomic mass is 79.9. The molecule has 18 heavy (non-hydrogen) atoms. The number of ether oxygens (including phenoxy) is 2. The molecule has 3 nitrogen and oxygen atoms in total. The molecule has 0 aliphatic carbocycles. The van der Waals surface area contributed by atoms with Crippen LogP contribution in [0.4, 0.5) is 0 Å². The average molecular weight is 316 g/mol. The van der Waals surface area contributed by atoms with Gasteiger partial charge >= 0.3 is 0 Å². The first-order valence-corrected chi connectivity index (χ1v) is 7.17. The van der Waals surface area contributed by atoms with Gasteiger partial charge in [-0.3, -0.25) is 0 Å². The second-order valence-corrected chi connectivity index (χ2v) is 5.26. The van der Waals surface area contributed by atoms with Gasteiger partial charge < -0.3 is 15.2 Å². The third kappa shape index (κ3) is 5.85. The minimum Gasteiger partial charge on any atom is -0.490 e. The van der Waals surface area contributed by atoms with E-state index in [0.717, 1.165) is 29.7 Å². The summed E-state index contributed by atoms with van der Waals surface area (Å²) in [5.41, 5.74) is 6.99. The lowest BCUT2D eigenvalue weighted by molar-refractivity contribution is 0.100.